The van der Waals surface area contributed by atoms with E-state index >= 15 is 0 Å². The van der Waals surface area contributed by atoms with Gasteiger partial charge in [-0.2, -0.15) is 0 Å². The molecule has 0 aliphatic heterocycles. The van der Waals surface area contributed by atoms with Gasteiger partial charge in [0, 0.05) is 13.1 Å². The third kappa shape index (κ3) is 4.20. The monoisotopic (exact) mass is 336 g/mol. The summed E-state index contributed by atoms with van der Waals surface area (Å²) in [5.41, 5.74) is 2.69. The molecule has 1 heterocycles. The van der Waals surface area contributed by atoms with Crippen LogP contribution in [-0.2, 0) is 13.1 Å². The predicted molar refractivity (Wildman–Crippen MR) is 85.5 cm³/mol. The van der Waals surface area contributed by atoms with Crippen molar-refractivity contribution in [2.45, 2.75) is 26.1 Å². The number of nitrogens with zero attached hydrogens (tertiary/aromatic N) is 1. The van der Waals surface area contributed by atoms with Gasteiger partial charge >= 0.3 is 0 Å². The van der Waals surface area contributed by atoms with Crippen molar-refractivity contribution in [1.82, 2.24) is 10.2 Å². The topological polar surface area (TPSA) is 28.4 Å². The summed E-state index contributed by atoms with van der Waals surface area (Å²) in [5, 5.41) is 3.51. The lowest BCUT2D eigenvalue weighted by molar-refractivity contribution is 0.396. The van der Waals surface area contributed by atoms with Crippen molar-refractivity contribution in [1.29, 1.82) is 0 Å². The smallest absolute Gasteiger partial charge is 0.169 e. The number of rotatable bonds is 6. The highest BCUT2D eigenvalue weighted by molar-refractivity contribution is 9.10. The molecule has 0 bridgehead atoms. The van der Waals surface area contributed by atoms with Crippen molar-refractivity contribution in [2.24, 2.45) is 0 Å². The molecule has 108 valence electrons. The second kappa shape index (κ2) is 7.07. The summed E-state index contributed by atoms with van der Waals surface area (Å²) in [6.45, 7) is 3.90. The fraction of sp³-hybridized carbons (Fsp3) is 0.375. The predicted octanol–water partition coefficient (Wildman–Crippen LogP) is 3.95. The Hall–Kier alpha value is -1.10. The third-order valence-corrected chi connectivity index (χ3v) is 3.65. The van der Waals surface area contributed by atoms with Crippen molar-refractivity contribution in [3.05, 3.63) is 58.0 Å². The van der Waals surface area contributed by atoms with Crippen LogP contribution in [-0.4, -0.2) is 19.0 Å². The highest BCUT2D eigenvalue weighted by Gasteiger charge is 2.10. The Labute approximate surface area is 129 Å². The van der Waals surface area contributed by atoms with Crippen molar-refractivity contribution >= 4 is 15.9 Å². The Bertz CT molecular complexity index is 551. The number of hydrogen-bond donors (Lipinski definition) is 1. The SMILES string of the molecule is CC(NCc1ccccc1CN(C)C)c1ccc(Br)o1. The zero-order valence-electron chi connectivity index (χ0n) is 12.2. The first-order chi connectivity index (χ1) is 9.56. The summed E-state index contributed by atoms with van der Waals surface area (Å²) in [7, 11) is 4.18. The Kier molecular flexibility index (Phi) is 5.40. The molecule has 0 aliphatic carbocycles. The Balaban J connectivity index is 2.00. The molecule has 1 N–H and O–H groups in total. The summed E-state index contributed by atoms with van der Waals surface area (Å²) in [4.78, 5) is 2.19. The first kappa shape index (κ1) is 15.3. The molecule has 0 aliphatic rings. The van der Waals surface area contributed by atoms with E-state index in [0.29, 0.717) is 0 Å². The summed E-state index contributed by atoms with van der Waals surface area (Å²) in [6.07, 6.45) is 0. The molecular weight excluding hydrogens is 316 g/mol. The van der Waals surface area contributed by atoms with Crippen LogP contribution in [0, 0.1) is 0 Å². The van der Waals surface area contributed by atoms with Gasteiger partial charge in [0.25, 0.3) is 0 Å². The van der Waals surface area contributed by atoms with Gasteiger partial charge in [-0.3, -0.25) is 0 Å². The highest BCUT2D eigenvalue weighted by atomic mass is 79.9. The normalized spacial score (nSPS) is 12.8. The average molecular weight is 337 g/mol. The van der Waals surface area contributed by atoms with Gasteiger partial charge in [-0.1, -0.05) is 24.3 Å². The second-order valence-electron chi connectivity index (χ2n) is 5.25. The molecule has 3 nitrogen and oxygen atoms in total. The first-order valence-corrected chi connectivity index (χ1v) is 7.55. The van der Waals surface area contributed by atoms with Crippen LogP contribution < -0.4 is 5.32 Å². The van der Waals surface area contributed by atoms with E-state index < -0.39 is 0 Å². The van der Waals surface area contributed by atoms with E-state index in [1.807, 2.05) is 12.1 Å². The van der Waals surface area contributed by atoms with Crippen molar-refractivity contribution < 1.29 is 4.42 Å². The molecule has 0 saturated carbocycles. The molecule has 1 unspecified atom stereocenters. The van der Waals surface area contributed by atoms with Crippen LogP contribution in [0.1, 0.15) is 29.9 Å². The lowest BCUT2D eigenvalue weighted by Gasteiger charge is -2.16. The lowest BCUT2D eigenvalue weighted by atomic mass is 10.1. The molecule has 2 aromatic rings. The van der Waals surface area contributed by atoms with Crippen LogP contribution in [0.15, 0.2) is 45.5 Å². The third-order valence-electron chi connectivity index (χ3n) is 3.22. The van der Waals surface area contributed by atoms with E-state index in [2.05, 4.69) is 71.4 Å². The molecular formula is C16H21BrN2O. The van der Waals surface area contributed by atoms with Gasteiger partial charge in [0.15, 0.2) is 4.67 Å². The van der Waals surface area contributed by atoms with Gasteiger partial charge in [-0.15, -0.1) is 0 Å². The summed E-state index contributed by atoms with van der Waals surface area (Å²) in [6, 6.07) is 12.6. The number of nitrogens with one attached hydrogen (secondary N) is 1. The molecule has 1 aromatic heterocycles. The van der Waals surface area contributed by atoms with Gasteiger partial charge in [0.1, 0.15) is 5.76 Å². The second-order valence-corrected chi connectivity index (χ2v) is 6.03. The zero-order valence-corrected chi connectivity index (χ0v) is 13.8. The molecule has 1 aromatic carbocycles. The summed E-state index contributed by atoms with van der Waals surface area (Å²) >= 11 is 3.34. The van der Waals surface area contributed by atoms with E-state index in [9.17, 15) is 0 Å². The van der Waals surface area contributed by atoms with Gasteiger partial charge in [0.05, 0.1) is 6.04 Å². The number of hydrogen-bond acceptors (Lipinski definition) is 3. The minimum atomic E-state index is 0.189. The van der Waals surface area contributed by atoms with Crippen LogP contribution in [0.2, 0.25) is 0 Å². The standard InChI is InChI=1S/C16H21BrN2O/c1-12(15-8-9-16(17)20-15)18-10-13-6-4-5-7-14(13)11-19(2)3/h4-9,12,18H,10-11H2,1-3H3. The molecule has 0 spiro atoms. The molecule has 0 saturated heterocycles. The number of furan rings is 1. The van der Waals surface area contributed by atoms with Gasteiger partial charge in [0.2, 0.25) is 0 Å². The Morgan fingerprint density at radius 2 is 1.85 bits per heavy atom. The fourth-order valence-corrected chi connectivity index (χ4v) is 2.47. The largest absolute Gasteiger partial charge is 0.453 e. The highest BCUT2D eigenvalue weighted by Crippen LogP contribution is 2.20. The minimum absolute atomic E-state index is 0.189. The van der Waals surface area contributed by atoms with Gasteiger partial charge < -0.3 is 14.6 Å². The summed E-state index contributed by atoms with van der Waals surface area (Å²) in [5.74, 6) is 0.946. The maximum Gasteiger partial charge on any atom is 0.169 e. The van der Waals surface area contributed by atoms with Crippen LogP contribution >= 0.6 is 15.9 Å². The van der Waals surface area contributed by atoms with Crippen molar-refractivity contribution in [3.63, 3.8) is 0 Å². The first-order valence-electron chi connectivity index (χ1n) is 6.76. The molecule has 0 radical (unpaired) electrons. The summed E-state index contributed by atoms with van der Waals surface area (Å²) < 4.78 is 6.35. The van der Waals surface area contributed by atoms with Gasteiger partial charge in [-0.05, 0) is 60.2 Å². The Morgan fingerprint density at radius 1 is 1.15 bits per heavy atom. The van der Waals surface area contributed by atoms with E-state index in [4.69, 9.17) is 4.42 Å². The maximum absolute atomic E-state index is 5.57. The van der Waals surface area contributed by atoms with Crippen LogP contribution in [0.5, 0.6) is 0 Å². The maximum atomic E-state index is 5.57. The number of benzene rings is 1. The van der Waals surface area contributed by atoms with Gasteiger partial charge in [-0.25, -0.2) is 0 Å². The fourth-order valence-electron chi connectivity index (χ4n) is 2.15. The van der Waals surface area contributed by atoms with Crippen LogP contribution in [0.25, 0.3) is 0 Å². The van der Waals surface area contributed by atoms with Crippen LogP contribution in [0.4, 0.5) is 0 Å². The Morgan fingerprint density at radius 3 is 2.45 bits per heavy atom. The van der Waals surface area contributed by atoms with E-state index in [-0.39, 0.29) is 6.04 Å². The molecule has 1 atom stereocenters. The molecule has 0 amide bonds. The average Bonchev–Trinajstić information content (AvgIpc) is 2.83. The van der Waals surface area contributed by atoms with Crippen molar-refractivity contribution in [2.75, 3.05) is 14.1 Å². The molecule has 0 fully saturated rings. The van der Waals surface area contributed by atoms with E-state index in [0.717, 1.165) is 23.5 Å². The van der Waals surface area contributed by atoms with Crippen molar-refractivity contribution in [3.8, 4) is 0 Å². The van der Waals surface area contributed by atoms with E-state index in [1.165, 1.54) is 11.1 Å². The van der Waals surface area contributed by atoms with Crippen LogP contribution in [0.3, 0.4) is 0 Å². The number of halogens is 1. The molecule has 4 heteroatoms. The lowest BCUT2D eigenvalue weighted by Crippen LogP contribution is -2.20. The quantitative estimate of drug-likeness (QED) is 0.865. The van der Waals surface area contributed by atoms with E-state index in [1.54, 1.807) is 0 Å². The molecule has 20 heavy (non-hydrogen) atoms. The zero-order chi connectivity index (χ0) is 14.5. The minimum Gasteiger partial charge on any atom is -0.453 e. The molecule has 2 rings (SSSR count).